The van der Waals surface area contributed by atoms with Crippen LogP contribution in [0.3, 0.4) is 0 Å². The Hall–Kier alpha value is -0.0100. The normalized spacial score (nSPS) is 15.1. The van der Waals surface area contributed by atoms with E-state index < -0.39 is 40.8 Å². The van der Waals surface area contributed by atoms with Crippen molar-refractivity contribution in [3.8, 4) is 0 Å². The number of hydrogen-bond donors (Lipinski definition) is 1. The summed E-state index contributed by atoms with van der Waals surface area (Å²) in [4.78, 5) is 0. The van der Waals surface area contributed by atoms with Crippen molar-refractivity contribution in [3.63, 3.8) is 0 Å². The summed E-state index contributed by atoms with van der Waals surface area (Å²) < 4.78 is 60.2. The van der Waals surface area contributed by atoms with Gasteiger partial charge in [0.1, 0.15) is 0 Å². The largest absolute Gasteiger partial charge is 0.389 e. The second-order valence-electron chi connectivity index (χ2n) is 3.41. The molecule has 1 unspecified atom stereocenters. The third-order valence-corrected chi connectivity index (χ3v) is 3.79. The lowest BCUT2D eigenvalue weighted by molar-refractivity contribution is -0.134. The van der Waals surface area contributed by atoms with Gasteiger partial charge in [-0.1, -0.05) is 6.92 Å². The van der Waals surface area contributed by atoms with Crippen LogP contribution in [0.2, 0.25) is 0 Å². The van der Waals surface area contributed by atoms with Crippen LogP contribution in [0.15, 0.2) is 0 Å². The number of sulfonamides is 1. The number of alkyl halides is 4. The molecule has 1 atom stereocenters. The Morgan fingerprint density at radius 2 is 1.94 bits per heavy atom. The smallest absolute Gasteiger partial charge is 0.212 e. The Morgan fingerprint density at radius 3 is 2.31 bits per heavy atom. The first kappa shape index (κ1) is 16.0. The molecule has 0 aliphatic rings. The van der Waals surface area contributed by atoms with Gasteiger partial charge in [0, 0.05) is 18.3 Å². The van der Waals surface area contributed by atoms with Crippen LogP contribution in [-0.4, -0.2) is 32.3 Å². The summed E-state index contributed by atoms with van der Waals surface area (Å²) >= 11 is 5.47. The molecular weight excluding hydrogens is 267 g/mol. The first-order valence-electron chi connectivity index (χ1n) is 4.83. The quantitative estimate of drug-likeness (QED) is 0.728. The second kappa shape index (κ2) is 6.66. The van der Waals surface area contributed by atoms with Crippen molar-refractivity contribution in [2.75, 3.05) is 11.6 Å². The molecule has 0 heterocycles. The fourth-order valence-electron chi connectivity index (χ4n) is 0.999. The molecule has 0 fully saturated rings. The van der Waals surface area contributed by atoms with E-state index in [2.05, 4.69) is 4.72 Å². The molecule has 0 bridgehead atoms. The molecule has 0 saturated heterocycles. The fourth-order valence-corrected chi connectivity index (χ4v) is 2.79. The fraction of sp³-hybridized carbons (Fsp3) is 1.00. The zero-order chi connectivity index (χ0) is 12.8. The minimum absolute atomic E-state index is 0.106. The van der Waals surface area contributed by atoms with Gasteiger partial charge in [-0.05, 0) is 12.8 Å². The number of nitrogens with one attached hydrogen (secondary N) is 1. The molecule has 0 aromatic heterocycles. The SMILES string of the molecule is CCC(CCl)NS(=O)(=O)CCCC(F)(F)F. The van der Waals surface area contributed by atoms with E-state index in [-0.39, 0.29) is 5.88 Å². The highest BCUT2D eigenvalue weighted by atomic mass is 35.5. The summed E-state index contributed by atoms with van der Waals surface area (Å²) in [7, 11) is -3.66. The molecule has 3 nitrogen and oxygen atoms in total. The van der Waals surface area contributed by atoms with Crippen molar-refractivity contribution < 1.29 is 21.6 Å². The average Bonchev–Trinajstić information content (AvgIpc) is 2.11. The van der Waals surface area contributed by atoms with Crippen molar-refractivity contribution in [2.24, 2.45) is 0 Å². The minimum Gasteiger partial charge on any atom is -0.212 e. The Balaban J connectivity index is 4.06. The minimum atomic E-state index is -4.31. The zero-order valence-corrected chi connectivity index (χ0v) is 10.4. The van der Waals surface area contributed by atoms with Gasteiger partial charge in [0.05, 0.1) is 5.75 Å². The molecule has 16 heavy (non-hydrogen) atoms. The van der Waals surface area contributed by atoms with Gasteiger partial charge in [-0.2, -0.15) is 13.2 Å². The van der Waals surface area contributed by atoms with Crippen LogP contribution in [-0.2, 0) is 10.0 Å². The molecule has 0 aliphatic heterocycles. The van der Waals surface area contributed by atoms with Gasteiger partial charge in [-0.3, -0.25) is 0 Å². The maximum atomic E-state index is 11.8. The summed E-state index contributed by atoms with van der Waals surface area (Å²) in [5.41, 5.74) is 0. The molecule has 0 aliphatic carbocycles. The molecule has 0 saturated carbocycles. The first-order chi connectivity index (χ1) is 7.20. The molecule has 0 rings (SSSR count). The summed E-state index contributed by atoms with van der Waals surface area (Å²) in [6.45, 7) is 1.74. The van der Waals surface area contributed by atoms with Gasteiger partial charge in [-0.15, -0.1) is 11.6 Å². The first-order valence-corrected chi connectivity index (χ1v) is 7.01. The van der Waals surface area contributed by atoms with Crippen molar-refractivity contribution in [2.45, 2.75) is 38.4 Å². The second-order valence-corrected chi connectivity index (χ2v) is 5.60. The number of halogens is 4. The predicted molar refractivity (Wildman–Crippen MR) is 57.0 cm³/mol. The lowest BCUT2D eigenvalue weighted by Gasteiger charge is -2.14. The maximum absolute atomic E-state index is 11.8. The average molecular weight is 282 g/mol. The summed E-state index contributed by atoms with van der Waals surface area (Å²) in [6.07, 6.45) is -5.34. The Labute approximate surface area is 98.4 Å². The summed E-state index contributed by atoms with van der Waals surface area (Å²) in [5.74, 6) is -0.422. The van der Waals surface area contributed by atoms with Crippen molar-refractivity contribution in [3.05, 3.63) is 0 Å². The molecule has 1 N–H and O–H groups in total. The standard InChI is InChI=1S/C8H15ClF3NO2S/c1-2-7(6-9)13-16(14,15)5-3-4-8(10,11)12/h7,13H,2-6H2,1H3. The monoisotopic (exact) mass is 281 g/mol. The molecule has 98 valence electrons. The van der Waals surface area contributed by atoms with E-state index in [1.807, 2.05) is 0 Å². The molecule has 0 radical (unpaired) electrons. The van der Waals surface area contributed by atoms with Crippen molar-refractivity contribution >= 4 is 21.6 Å². The van der Waals surface area contributed by atoms with Gasteiger partial charge in [-0.25, -0.2) is 13.1 Å². The number of hydrogen-bond acceptors (Lipinski definition) is 2. The van der Waals surface area contributed by atoms with Crippen LogP contribution in [0, 0.1) is 0 Å². The maximum Gasteiger partial charge on any atom is 0.389 e. The molecule has 8 heteroatoms. The van der Waals surface area contributed by atoms with Crippen LogP contribution in [0.4, 0.5) is 13.2 Å². The van der Waals surface area contributed by atoms with Crippen LogP contribution in [0.5, 0.6) is 0 Å². The molecular formula is C8H15ClF3NO2S. The van der Waals surface area contributed by atoms with E-state index in [0.29, 0.717) is 6.42 Å². The third-order valence-electron chi connectivity index (χ3n) is 1.90. The van der Waals surface area contributed by atoms with Crippen molar-refractivity contribution in [1.29, 1.82) is 0 Å². The van der Waals surface area contributed by atoms with Gasteiger partial charge in [0.15, 0.2) is 0 Å². The van der Waals surface area contributed by atoms with E-state index in [1.54, 1.807) is 6.92 Å². The van der Waals surface area contributed by atoms with E-state index >= 15 is 0 Å². The van der Waals surface area contributed by atoms with E-state index in [1.165, 1.54) is 0 Å². The summed E-state index contributed by atoms with van der Waals surface area (Å²) in [6, 6.07) is -0.419. The summed E-state index contributed by atoms with van der Waals surface area (Å²) in [5, 5.41) is 0. The Kier molecular flexibility index (Phi) is 6.65. The van der Waals surface area contributed by atoms with Crippen LogP contribution in [0.25, 0.3) is 0 Å². The highest BCUT2D eigenvalue weighted by Crippen LogP contribution is 2.21. The third kappa shape index (κ3) is 8.18. The van der Waals surface area contributed by atoms with Gasteiger partial charge < -0.3 is 0 Å². The zero-order valence-electron chi connectivity index (χ0n) is 8.85. The van der Waals surface area contributed by atoms with Gasteiger partial charge in [0.25, 0.3) is 0 Å². The topological polar surface area (TPSA) is 46.2 Å². The van der Waals surface area contributed by atoms with E-state index in [0.717, 1.165) is 0 Å². The van der Waals surface area contributed by atoms with E-state index in [4.69, 9.17) is 11.6 Å². The van der Waals surface area contributed by atoms with Crippen molar-refractivity contribution in [1.82, 2.24) is 4.72 Å². The van der Waals surface area contributed by atoms with Gasteiger partial charge in [0.2, 0.25) is 10.0 Å². The Morgan fingerprint density at radius 1 is 1.38 bits per heavy atom. The van der Waals surface area contributed by atoms with Gasteiger partial charge >= 0.3 is 6.18 Å². The lowest BCUT2D eigenvalue weighted by Crippen LogP contribution is -2.37. The van der Waals surface area contributed by atoms with Crippen LogP contribution in [0.1, 0.15) is 26.2 Å². The molecule has 0 aromatic rings. The van der Waals surface area contributed by atoms with Crippen LogP contribution >= 0.6 is 11.6 Å². The van der Waals surface area contributed by atoms with E-state index in [9.17, 15) is 21.6 Å². The highest BCUT2D eigenvalue weighted by Gasteiger charge is 2.27. The lowest BCUT2D eigenvalue weighted by atomic mass is 10.3. The molecule has 0 amide bonds. The Bertz CT molecular complexity index is 288. The highest BCUT2D eigenvalue weighted by molar-refractivity contribution is 7.89. The molecule has 0 spiro atoms. The van der Waals surface area contributed by atoms with Crippen LogP contribution < -0.4 is 4.72 Å². The molecule has 0 aromatic carbocycles. The predicted octanol–water partition coefficient (Wildman–Crippen LogP) is 2.27. The number of rotatable bonds is 7.